The molecule has 0 fully saturated rings. The van der Waals surface area contributed by atoms with E-state index in [4.69, 9.17) is 4.74 Å². The summed E-state index contributed by atoms with van der Waals surface area (Å²) in [4.78, 5) is 37.1. The number of nitro benzene ring substituents is 1. The van der Waals surface area contributed by atoms with Crippen molar-refractivity contribution in [1.82, 2.24) is 9.78 Å². The summed E-state index contributed by atoms with van der Waals surface area (Å²) >= 11 is 0. The molecule has 5 rings (SSSR count). The average Bonchev–Trinajstić information content (AvgIpc) is 3.27. The van der Waals surface area contributed by atoms with Crippen molar-refractivity contribution in [3.63, 3.8) is 0 Å². The van der Waals surface area contributed by atoms with E-state index in [1.807, 2.05) is 42.5 Å². The molecular formula is C24H19N5O5. The molecule has 1 aliphatic rings. The van der Waals surface area contributed by atoms with Gasteiger partial charge in [0.25, 0.3) is 11.6 Å². The first kappa shape index (κ1) is 21.1. The first-order valence-corrected chi connectivity index (χ1v) is 10.5. The fourth-order valence-corrected chi connectivity index (χ4v) is 3.96. The monoisotopic (exact) mass is 457 g/mol. The van der Waals surface area contributed by atoms with Crippen LogP contribution in [-0.2, 0) is 16.1 Å². The number of benzene rings is 3. The lowest BCUT2D eigenvalue weighted by Gasteiger charge is -2.28. The van der Waals surface area contributed by atoms with Gasteiger partial charge < -0.3 is 10.1 Å². The number of rotatable bonds is 6. The molecule has 170 valence electrons. The molecule has 0 saturated heterocycles. The number of hydrogen-bond donors (Lipinski definition) is 1. The van der Waals surface area contributed by atoms with E-state index in [0.717, 1.165) is 16.3 Å². The number of nitro groups is 1. The quantitative estimate of drug-likeness (QED) is 0.350. The Labute approximate surface area is 193 Å². The highest BCUT2D eigenvalue weighted by molar-refractivity contribution is 6.05. The lowest BCUT2D eigenvalue weighted by atomic mass is 10.0. The zero-order chi connectivity index (χ0) is 23.7. The second-order valence-electron chi connectivity index (χ2n) is 7.74. The van der Waals surface area contributed by atoms with Crippen LogP contribution < -0.4 is 15.0 Å². The van der Waals surface area contributed by atoms with Crippen molar-refractivity contribution in [2.75, 3.05) is 23.4 Å². The Morgan fingerprint density at radius 2 is 1.94 bits per heavy atom. The van der Waals surface area contributed by atoms with E-state index in [1.54, 1.807) is 16.9 Å². The standard InChI is InChI=1S/C24H19N5O5/c30-23(14-27-20-12-18(29(32)33)8-9-21(20)34-15-24(27)31)26-22-10-11-25-28(22)13-17-6-3-5-16-4-1-2-7-19(16)17/h1-12H,13-15H2,(H,26,30). The Hall–Kier alpha value is -4.73. The zero-order valence-corrected chi connectivity index (χ0v) is 17.9. The van der Waals surface area contributed by atoms with E-state index < -0.39 is 16.7 Å². The van der Waals surface area contributed by atoms with Crippen LogP contribution in [0.5, 0.6) is 5.75 Å². The third-order valence-corrected chi connectivity index (χ3v) is 5.58. The molecule has 3 aromatic carbocycles. The summed E-state index contributed by atoms with van der Waals surface area (Å²) in [6.07, 6.45) is 1.58. The maximum absolute atomic E-state index is 12.8. The van der Waals surface area contributed by atoms with E-state index in [-0.39, 0.29) is 24.5 Å². The summed E-state index contributed by atoms with van der Waals surface area (Å²) < 4.78 is 7.02. The van der Waals surface area contributed by atoms with Crippen LogP contribution in [0.25, 0.3) is 10.8 Å². The normalized spacial score (nSPS) is 12.8. The Morgan fingerprint density at radius 3 is 2.79 bits per heavy atom. The molecule has 0 saturated carbocycles. The predicted molar refractivity (Wildman–Crippen MR) is 125 cm³/mol. The topological polar surface area (TPSA) is 120 Å². The van der Waals surface area contributed by atoms with Crippen LogP contribution in [0.1, 0.15) is 5.56 Å². The van der Waals surface area contributed by atoms with Crippen LogP contribution >= 0.6 is 0 Å². The fourth-order valence-electron chi connectivity index (χ4n) is 3.96. The van der Waals surface area contributed by atoms with Gasteiger partial charge in [0.05, 0.1) is 23.4 Å². The van der Waals surface area contributed by atoms with Gasteiger partial charge in [0.15, 0.2) is 6.61 Å². The number of non-ortho nitro benzene ring substituents is 1. The van der Waals surface area contributed by atoms with Gasteiger partial charge >= 0.3 is 0 Å². The van der Waals surface area contributed by atoms with Crippen molar-refractivity contribution in [3.8, 4) is 5.75 Å². The van der Waals surface area contributed by atoms with Crippen molar-refractivity contribution in [2.45, 2.75) is 6.54 Å². The SMILES string of the molecule is O=C(CN1C(=O)COc2ccc([N+](=O)[O-])cc21)Nc1ccnn1Cc1cccc2ccccc12. The van der Waals surface area contributed by atoms with Gasteiger partial charge in [-0.25, -0.2) is 4.68 Å². The molecule has 10 nitrogen and oxygen atoms in total. The van der Waals surface area contributed by atoms with Crippen LogP contribution in [0.15, 0.2) is 72.9 Å². The summed E-state index contributed by atoms with van der Waals surface area (Å²) in [7, 11) is 0. The number of ether oxygens (including phenoxy) is 1. The Morgan fingerprint density at radius 1 is 1.12 bits per heavy atom. The molecule has 0 bridgehead atoms. The molecule has 0 unspecified atom stereocenters. The minimum Gasteiger partial charge on any atom is -0.482 e. The number of nitrogens with one attached hydrogen (secondary N) is 1. The molecule has 0 atom stereocenters. The minimum atomic E-state index is -0.566. The van der Waals surface area contributed by atoms with Crippen LogP contribution in [-0.4, -0.2) is 39.7 Å². The van der Waals surface area contributed by atoms with Crippen LogP contribution in [0.4, 0.5) is 17.2 Å². The number of nitrogens with zero attached hydrogens (tertiary/aromatic N) is 4. The van der Waals surface area contributed by atoms with Crippen LogP contribution in [0.3, 0.4) is 0 Å². The molecule has 4 aromatic rings. The van der Waals surface area contributed by atoms with E-state index in [2.05, 4.69) is 10.4 Å². The third kappa shape index (κ3) is 4.04. The predicted octanol–water partition coefficient (Wildman–Crippen LogP) is 3.36. The van der Waals surface area contributed by atoms with Gasteiger partial charge in [0.1, 0.15) is 18.1 Å². The third-order valence-electron chi connectivity index (χ3n) is 5.58. The highest BCUT2D eigenvalue weighted by Gasteiger charge is 2.29. The second-order valence-corrected chi connectivity index (χ2v) is 7.74. The number of carbonyl (C=O) groups is 2. The lowest BCUT2D eigenvalue weighted by molar-refractivity contribution is -0.384. The molecular weight excluding hydrogens is 438 g/mol. The number of fused-ring (bicyclic) bond motifs is 2. The molecule has 1 aromatic heterocycles. The van der Waals surface area contributed by atoms with Crippen molar-refractivity contribution in [3.05, 3.63) is 88.6 Å². The molecule has 1 aliphatic heterocycles. The number of amides is 2. The first-order chi connectivity index (χ1) is 16.5. The zero-order valence-electron chi connectivity index (χ0n) is 17.9. The van der Waals surface area contributed by atoms with Gasteiger partial charge in [-0.3, -0.25) is 24.6 Å². The van der Waals surface area contributed by atoms with E-state index in [0.29, 0.717) is 18.1 Å². The molecule has 0 spiro atoms. The van der Waals surface area contributed by atoms with Gasteiger partial charge in [-0.1, -0.05) is 42.5 Å². The van der Waals surface area contributed by atoms with Crippen molar-refractivity contribution < 1.29 is 19.2 Å². The second kappa shape index (κ2) is 8.66. The largest absolute Gasteiger partial charge is 0.482 e. The lowest BCUT2D eigenvalue weighted by Crippen LogP contribution is -2.43. The summed E-state index contributed by atoms with van der Waals surface area (Å²) in [5, 5.41) is 20.5. The van der Waals surface area contributed by atoms with Crippen LogP contribution in [0.2, 0.25) is 0 Å². The number of hydrogen-bond acceptors (Lipinski definition) is 6. The van der Waals surface area contributed by atoms with E-state index in [1.165, 1.54) is 23.1 Å². The molecule has 0 radical (unpaired) electrons. The number of carbonyl (C=O) groups excluding carboxylic acids is 2. The summed E-state index contributed by atoms with van der Waals surface area (Å²) in [6, 6.07) is 19.6. The van der Waals surface area contributed by atoms with Gasteiger partial charge in [-0.15, -0.1) is 0 Å². The molecule has 0 aliphatic carbocycles. The Kier molecular flexibility index (Phi) is 5.38. The summed E-state index contributed by atoms with van der Waals surface area (Å²) in [5.41, 5.74) is 1.03. The highest BCUT2D eigenvalue weighted by Crippen LogP contribution is 2.35. The van der Waals surface area contributed by atoms with Gasteiger partial charge in [0, 0.05) is 18.2 Å². The minimum absolute atomic E-state index is 0.185. The summed E-state index contributed by atoms with van der Waals surface area (Å²) in [5.74, 6) is -0.156. The number of anilines is 2. The smallest absolute Gasteiger partial charge is 0.271 e. The van der Waals surface area contributed by atoms with Crippen molar-refractivity contribution >= 4 is 39.8 Å². The van der Waals surface area contributed by atoms with Crippen molar-refractivity contribution in [1.29, 1.82) is 0 Å². The van der Waals surface area contributed by atoms with Crippen LogP contribution in [0, 0.1) is 10.1 Å². The maximum Gasteiger partial charge on any atom is 0.271 e. The van der Waals surface area contributed by atoms with Crippen molar-refractivity contribution in [2.24, 2.45) is 0 Å². The van der Waals surface area contributed by atoms with E-state index in [9.17, 15) is 19.7 Å². The summed E-state index contributed by atoms with van der Waals surface area (Å²) in [6.45, 7) is -0.137. The van der Waals surface area contributed by atoms with Gasteiger partial charge in [-0.2, -0.15) is 5.10 Å². The molecule has 2 heterocycles. The molecule has 1 N–H and O–H groups in total. The highest BCUT2D eigenvalue weighted by atomic mass is 16.6. The Balaban J connectivity index is 1.35. The fraction of sp³-hybridized carbons (Fsp3) is 0.125. The Bertz CT molecular complexity index is 1430. The molecule has 10 heteroatoms. The number of aromatic nitrogens is 2. The molecule has 2 amide bonds. The average molecular weight is 457 g/mol. The van der Waals surface area contributed by atoms with Gasteiger partial charge in [-0.05, 0) is 22.4 Å². The van der Waals surface area contributed by atoms with E-state index >= 15 is 0 Å². The molecule has 34 heavy (non-hydrogen) atoms. The maximum atomic E-state index is 12.8. The first-order valence-electron chi connectivity index (χ1n) is 10.5. The van der Waals surface area contributed by atoms with Gasteiger partial charge in [0.2, 0.25) is 5.91 Å².